The van der Waals surface area contributed by atoms with Crippen LogP contribution in [0.5, 0.6) is 0 Å². The lowest BCUT2D eigenvalue weighted by Crippen LogP contribution is -2.23. The van der Waals surface area contributed by atoms with Crippen molar-refractivity contribution in [1.82, 2.24) is 9.97 Å². The molecule has 4 nitrogen and oxygen atoms in total. The Kier molecular flexibility index (Phi) is 5.11. The van der Waals surface area contributed by atoms with Crippen LogP contribution in [-0.2, 0) is 6.18 Å². The molecule has 3 rings (SSSR count). The maximum absolute atomic E-state index is 12.6. The average molecular weight is 350 g/mol. The summed E-state index contributed by atoms with van der Waals surface area (Å²) in [7, 11) is 0. The van der Waals surface area contributed by atoms with E-state index in [1.54, 1.807) is 0 Å². The number of hydrogen-bond acceptors (Lipinski definition) is 4. The summed E-state index contributed by atoms with van der Waals surface area (Å²) in [5.74, 6) is 1.12. The first-order chi connectivity index (χ1) is 11.9. The van der Waals surface area contributed by atoms with Gasteiger partial charge in [0.2, 0.25) is 5.95 Å². The summed E-state index contributed by atoms with van der Waals surface area (Å²) in [4.78, 5) is 8.75. The minimum atomic E-state index is -4.34. The number of alkyl halides is 3. The molecule has 1 heterocycles. The second-order valence-electron chi connectivity index (χ2n) is 6.40. The van der Waals surface area contributed by atoms with E-state index in [1.807, 2.05) is 13.0 Å². The van der Waals surface area contributed by atoms with Gasteiger partial charge >= 0.3 is 6.18 Å². The molecule has 1 aliphatic carbocycles. The number of anilines is 3. The number of halogens is 3. The maximum atomic E-state index is 12.6. The Bertz CT molecular complexity index is 707. The second-order valence-corrected chi connectivity index (χ2v) is 6.40. The summed E-state index contributed by atoms with van der Waals surface area (Å²) in [6.45, 7) is 1.87. The monoisotopic (exact) mass is 350 g/mol. The first kappa shape index (κ1) is 17.5. The van der Waals surface area contributed by atoms with Gasteiger partial charge in [0.25, 0.3) is 0 Å². The van der Waals surface area contributed by atoms with Crippen molar-refractivity contribution >= 4 is 17.5 Å². The smallest absolute Gasteiger partial charge is 0.367 e. The van der Waals surface area contributed by atoms with Crippen molar-refractivity contribution in [2.75, 3.05) is 10.6 Å². The highest BCUT2D eigenvalue weighted by Gasteiger charge is 2.29. The minimum absolute atomic E-state index is 0.373. The first-order valence-corrected chi connectivity index (χ1v) is 8.47. The van der Waals surface area contributed by atoms with E-state index in [4.69, 9.17) is 0 Å². The number of nitrogens with one attached hydrogen (secondary N) is 2. The summed E-state index contributed by atoms with van der Waals surface area (Å²) < 4.78 is 37.9. The molecule has 7 heteroatoms. The van der Waals surface area contributed by atoms with Gasteiger partial charge < -0.3 is 10.6 Å². The summed E-state index contributed by atoms with van der Waals surface area (Å²) in [6, 6.07) is 7.14. The summed E-state index contributed by atoms with van der Waals surface area (Å²) in [5.41, 5.74) is 0.632. The van der Waals surface area contributed by atoms with Crippen LogP contribution >= 0.6 is 0 Å². The molecule has 1 saturated carbocycles. The van der Waals surface area contributed by atoms with Crippen molar-refractivity contribution in [2.24, 2.45) is 0 Å². The third-order valence-electron chi connectivity index (χ3n) is 4.28. The van der Waals surface area contributed by atoms with Crippen molar-refractivity contribution < 1.29 is 13.2 Å². The standard InChI is InChI=1S/C18H21F3N4/c1-12-11-16(23-14-5-3-2-4-6-14)25-17(22-12)24-15-9-7-13(8-10-15)18(19,20)21/h7-11,14H,2-6H2,1H3,(H2,22,23,24,25). The van der Waals surface area contributed by atoms with Crippen LogP contribution in [0.25, 0.3) is 0 Å². The highest BCUT2D eigenvalue weighted by atomic mass is 19.4. The Labute approximate surface area is 144 Å². The van der Waals surface area contributed by atoms with Gasteiger partial charge in [0.05, 0.1) is 5.56 Å². The lowest BCUT2D eigenvalue weighted by atomic mass is 9.95. The van der Waals surface area contributed by atoms with Crippen LogP contribution < -0.4 is 10.6 Å². The molecule has 0 radical (unpaired) electrons. The molecule has 1 aromatic carbocycles. The van der Waals surface area contributed by atoms with E-state index in [2.05, 4.69) is 20.6 Å². The normalized spacial score (nSPS) is 15.8. The first-order valence-electron chi connectivity index (χ1n) is 8.47. The zero-order chi connectivity index (χ0) is 17.9. The summed E-state index contributed by atoms with van der Waals surface area (Å²) >= 11 is 0. The molecule has 1 aromatic heterocycles. The Balaban J connectivity index is 1.71. The highest BCUT2D eigenvalue weighted by molar-refractivity contribution is 5.56. The van der Waals surface area contributed by atoms with E-state index in [-0.39, 0.29) is 0 Å². The molecule has 0 saturated heterocycles. The van der Waals surface area contributed by atoms with Crippen molar-refractivity contribution in [1.29, 1.82) is 0 Å². The van der Waals surface area contributed by atoms with Crippen molar-refractivity contribution in [2.45, 2.75) is 51.2 Å². The van der Waals surface area contributed by atoms with Crippen LogP contribution in [-0.4, -0.2) is 16.0 Å². The Hall–Kier alpha value is -2.31. The number of aromatic nitrogens is 2. The van der Waals surface area contributed by atoms with Crippen LogP contribution in [0.2, 0.25) is 0 Å². The van der Waals surface area contributed by atoms with Crippen LogP contribution in [0, 0.1) is 6.92 Å². The molecule has 0 unspecified atom stereocenters. The SMILES string of the molecule is Cc1cc(NC2CCCCC2)nc(Nc2ccc(C(F)(F)F)cc2)n1. The fourth-order valence-corrected chi connectivity index (χ4v) is 3.03. The molecule has 134 valence electrons. The molecule has 0 bridgehead atoms. The minimum Gasteiger partial charge on any atom is -0.367 e. The molecule has 2 N–H and O–H groups in total. The number of benzene rings is 1. The van der Waals surface area contributed by atoms with Gasteiger partial charge in [-0.2, -0.15) is 18.2 Å². The molecule has 25 heavy (non-hydrogen) atoms. The van der Waals surface area contributed by atoms with Gasteiger partial charge in [-0.1, -0.05) is 19.3 Å². The predicted molar refractivity (Wildman–Crippen MR) is 92.0 cm³/mol. The van der Waals surface area contributed by atoms with E-state index in [0.717, 1.165) is 36.5 Å². The number of aryl methyl sites for hydroxylation is 1. The number of nitrogens with zero attached hydrogens (tertiary/aromatic N) is 2. The third kappa shape index (κ3) is 4.84. The average Bonchev–Trinajstić information content (AvgIpc) is 2.55. The van der Waals surface area contributed by atoms with Crippen molar-refractivity contribution in [3.8, 4) is 0 Å². The topological polar surface area (TPSA) is 49.8 Å². The van der Waals surface area contributed by atoms with Gasteiger partial charge in [-0.05, 0) is 44.0 Å². The van der Waals surface area contributed by atoms with Gasteiger partial charge in [-0.3, -0.25) is 0 Å². The van der Waals surface area contributed by atoms with Gasteiger partial charge in [0, 0.05) is 23.5 Å². The van der Waals surface area contributed by atoms with E-state index in [9.17, 15) is 13.2 Å². The maximum Gasteiger partial charge on any atom is 0.416 e. The number of hydrogen-bond donors (Lipinski definition) is 2. The van der Waals surface area contributed by atoms with E-state index < -0.39 is 11.7 Å². The fourth-order valence-electron chi connectivity index (χ4n) is 3.03. The predicted octanol–water partition coefficient (Wildman–Crippen LogP) is 5.29. The lowest BCUT2D eigenvalue weighted by Gasteiger charge is -2.23. The third-order valence-corrected chi connectivity index (χ3v) is 4.28. The van der Waals surface area contributed by atoms with Crippen molar-refractivity contribution in [3.63, 3.8) is 0 Å². The van der Waals surface area contributed by atoms with Gasteiger partial charge in [0.1, 0.15) is 5.82 Å². The summed E-state index contributed by atoms with van der Waals surface area (Å²) in [6.07, 6.45) is 1.64. The number of rotatable bonds is 4. The van der Waals surface area contributed by atoms with Crippen LogP contribution in [0.15, 0.2) is 30.3 Å². The largest absolute Gasteiger partial charge is 0.416 e. The zero-order valence-electron chi connectivity index (χ0n) is 14.0. The Morgan fingerprint density at radius 2 is 1.68 bits per heavy atom. The van der Waals surface area contributed by atoms with Gasteiger partial charge in [-0.15, -0.1) is 0 Å². The van der Waals surface area contributed by atoms with E-state index in [1.165, 1.54) is 31.4 Å². The van der Waals surface area contributed by atoms with E-state index in [0.29, 0.717) is 17.7 Å². The molecular formula is C18H21F3N4. The molecule has 1 fully saturated rings. The fraction of sp³-hybridized carbons (Fsp3) is 0.444. The molecule has 1 aliphatic rings. The molecule has 0 atom stereocenters. The molecule has 2 aromatic rings. The molecule has 0 spiro atoms. The van der Waals surface area contributed by atoms with Crippen LogP contribution in [0.1, 0.15) is 43.4 Å². The highest BCUT2D eigenvalue weighted by Crippen LogP contribution is 2.30. The zero-order valence-corrected chi connectivity index (χ0v) is 14.0. The van der Waals surface area contributed by atoms with Crippen LogP contribution in [0.4, 0.5) is 30.6 Å². The molecular weight excluding hydrogens is 329 g/mol. The lowest BCUT2D eigenvalue weighted by molar-refractivity contribution is -0.137. The van der Waals surface area contributed by atoms with Gasteiger partial charge in [0.15, 0.2) is 0 Å². The Morgan fingerprint density at radius 1 is 1.00 bits per heavy atom. The molecule has 0 amide bonds. The Morgan fingerprint density at radius 3 is 2.32 bits per heavy atom. The molecule has 0 aliphatic heterocycles. The summed E-state index contributed by atoms with van der Waals surface area (Å²) in [5, 5.41) is 6.41. The van der Waals surface area contributed by atoms with Crippen LogP contribution in [0.3, 0.4) is 0 Å². The van der Waals surface area contributed by atoms with Gasteiger partial charge in [-0.25, -0.2) is 4.98 Å². The second kappa shape index (κ2) is 7.29. The van der Waals surface area contributed by atoms with E-state index >= 15 is 0 Å². The van der Waals surface area contributed by atoms with Crippen molar-refractivity contribution in [3.05, 3.63) is 41.6 Å². The quantitative estimate of drug-likeness (QED) is 0.786.